The molecule has 0 spiro atoms. The van der Waals surface area contributed by atoms with Crippen molar-refractivity contribution in [3.8, 4) is 0 Å². The molecule has 0 aromatic heterocycles. The fourth-order valence-electron chi connectivity index (χ4n) is 0.439. The molecule has 0 aliphatic heterocycles. The van der Waals surface area contributed by atoms with Crippen molar-refractivity contribution in [1.29, 1.82) is 0 Å². The Hall–Kier alpha value is -0.740. The summed E-state index contributed by atoms with van der Waals surface area (Å²) in [5.41, 5.74) is 3.61. The Kier molecular flexibility index (Phi) is 7.65. The lowest BCUT2D eigenvalue weighted by Gasteiger charge is -1.93. The van der Waals surface area contributed by atoms with Crippen LogP contribution in [0.15, 0.2) is 17.3 Å². The summed E-state index contributed by atoms with van der Waals surface area (Å²) in [5, 5.41) is 2.64. The Balaban J connectivity index is 2.89. The van der Waals surface area contributed by atoms with Gasteiger partial charge in [0.2, 0.25) is 0 Å². The molecule has 0 saturated carbocycles. The van der Waals surface area contributed by atoms with Gasteiger partial charge in [-0.15, -0.1) is 0 Å². The zero-order valence-electron chi connectivity index (χ0n) is 5.95. The number of rotatable bonds is 6. The SMILES string of the molecule is [NH3+]CC=CCOCCN=O. The number of nitroso groups, excluding NO2 is 1. The van der Waals surface area contributed by atoms with Gasteiger partial charge in [0.25, 0.3) is 0 Å². The average Bonchev–Trinajstić information content (AvgIpc) is 1.97. The molecule has 0 amide bonds. The van der Waals surface area contributed by atoms with Crippen LogP contribution in [0.2, 0.25) is 0 Å². The molecule has 0 unspecified atom stereocenters. The van der Waals surface area contributed by atoms with Crippen molar-refractivity contribution < 1.29 is 10.5 Å². The third-order valence-electron chi connectivity index (χ3n) is 0.874. The molecule has 0 saturated heterocycles. The predicted octanol–water partition coefficient (Wildman–Crippen LogP) is -0.432. The predicted molar refractivity (Wildman–Crippen MR) is 38.4 cm³/mol. The summed E-state index contributed by atoms with van der Waals surface area (Å²) in [6.45, 7) is 1.96. The highest BCUT2D eigenvalue weighted by Gasteiger charge is 1.82. The molecular formula is C6H13N2O2+. The monoisotopic (exact) mass is 145 g/mol. The van der Waals surface area contributed by atoms with E-state index < -0.39 is 0 Å². The molecule has 4 nitrogen and oxygen atoms in total. The minimum absolute atomic E-state index is 0.234. The van der Waals surface area contributed by atoms with Crippen molar-refractivity contribution in [2.24, 2.45) is 5.18 Å². The highest BCUT2D eigenvalue weighted by molar-refractivity contribution is 4.79. The van der Waals surface area contributed by atoms with Gasteiger partial charge in [0.1, 0.15) is 6.54 Å². The van der Waals surface area contributed by atoms with Gasteiger partial charge in [-0.2, -0.15) is 4.91 Å². The Morgan fingerprint density at radius 1 is 1.50 bits per heavy atom. The number of ether oxygens (including phenoxy) is 1. The van der Waals surface area contributed by atoms with E-state index in [2.05, 4.69) is 10.9 Å². The summed E-state index contributed by atoms with van der Waals surface area (Å²) in [6.07, 6.45) is 3.78. The molecule has 0 bridgehead atoms. The van der Waals surface area contributed by atoms with Gasteiger partial charge >= 0.3 is 0 Å². The van der Waals surface area contributed by atoms with Crippen molar-refractivity contribution >= 4 is 0 Å². The molecule has 58 valence electrons. The van der Waals surface area contributed by atoms with Crippen LogP contribution < -0.4 is 5.73 Å². The summed E-state index contributed by atoms with van der Waals surface area (Å²) in [7, 11) is 0. The second-order valence-electron chi connectivity index (χ2n) is 1.69. The van der Waals surface area contributed by atoms with E-state index in [0.717, 1.165) is 6.54 Å². The normalized spacial score (nSPS) is 10.5. The quantitative estimate of drug-likeness (QED) is 0.313. The summed E-state index contributed by atoms with van der Waals surface area (Å²) in [4.78, 5) is 9.54. The molecule has 3 N–H and O–H groups in total. The third-order valence-corrected chi connectivity index (χ3v) is 0.874. The smallest absolute Gasteiger partial charge is 0.104 e. The molecule has 4 heteroatoms. The first kappa shape index (κ1) is 9.26. The van der Waals surface area contributed by atoms with Crippen LogP contribution in [-0.2, 0) is 4.74 Å². The molecule has 0 radical (unpaired) electrons. The second kappa shape index (κ2) is 8.26. The molecule has 0 heterocycles. The molecule has 0 aromatic rings. The van der Waals surface area contributed by atoms with E-state index in [9.17, 15) is 4.91 Å². The van der Waals surface area contributed by atoms with Crippen LogP contribution >= 0.6 is 0 Å². The topological polar surface area (TPSA) is 66.3 Å². The van der Waals surface area contributed by atoms with Crippen LogP contribution in [0.1, 0.15) is 0 Å². The average molecular weight is 145 g/mol. The van der Waals surface area contributed by atoms with Crippen molar-refractivity contribution in [3.63, 3.8) is 0 Å². The Morgan fingerprint density at radius 2 is 2.30 bits per heavy atom. The van der Waals surface area contributed by atoms with Crippen molar-refractivity contribution in [1.82, 2.24) is 0 Å². The lowest BCUT2D eigenvalue weighted by Crippen LogP contribution is -2.49. The molecule has 0 aliphatic carbocycles. The maximum Gasteiger partial charge on any atom is 0.104 e. The minimum atomic E-state index is 0.234. The van der Waals surface area contributed by atoms with E-state index in [1.807, 2.05) is 12.2 Å². The third kappa shape index (κ3) is 7.26. The Labute approximate surface area is 60.0 Å². The fraction of sp³-hybridized carbons (Fsp3) is 0.667. The maximum atomic E-state index is 9.54. The minimum Gasteiger partial charge on any atom is -0.375 e. The van der Waals surface area contributed by atoms with Gasteiger partial charge in [0.05, 0.1) is 19.8 Å². The number of quaternary nitrogens is 1. The standard InChI is InChI=1S/C6H12N2O2/c7-3-1-2-5-10-6-4-8-9/h1-2H,3-7H2/p+1. The number of hydrogen-bond acceptors (Lipinski definition) is 3. The number of hydrogen-bond donors (Lipinski definition) is 1. The van der Waals surface area contributed by atoms with Crippen molar-refractivity contribution in [2.75, 3.05) is 26.3 Å². The van der Waals surface area contributed by atoms with Gasteiger partial charge in [0.15, 0.2) is 0 Å². The van der Waals surface area contributed by atoms with E-state index in [1.165, 1.54) is 0 Å². The zero-order chi connectivity index (χ0) is 7.66. The zero-order valence-corrected chi connectivity index (χ0v) is 5.95. The molecule has 0 atom stereocenters. The van der Waals surface area contributed by atoms with Gasteiger partial charge in [0, 0.05) is 0 Å². The maximum absolute atomic E-state index is 9.54. The summed E-state index contributed by atoms with van der Waals surface area (Å²) in [6, 6.07) is 0. The van der Waals surface area contributed by atoms with Gasteiger partial charge < -0.3 is 10.5 Å². The van der Waals surface area contributed by atoms with Crippen LogP contribution in [0.3, 0.4) is 0 Å². The first-order valence-electron chi connectivity index (χ1n) is 3.23. The largest absolute Gasteiger partial charge is 0.375 e. The van der Waals surface area contributed by atoms with Gasteiger partial charge in [-0.25, -0.2) is 0 Å². The van der Waals surface area contributed by atoms with E-state index in [-0.39, 0.29) is 6.54 Å². The van der Waals surface area contributed by atoms with E-state index in [0.29, 0.717) is 13.2 Å². The number of nitrogens with zero attached hydrogens (tertiary/aromatic N) is 1. The van der Waals surface area contributed by atoms with Gasteiger partial charge in [-0.05, 0) is 6.08 Å². The molecule has 10 heavy (non-hydrogen) atoms. The summed E-state index contributed by atoms with van der Waals surface area (Å²) < 4.78 is 4.97. The molecule has 0 aromatic carbocycles. The van der Waals surface area contributed by atoms with Crippen molar-refractivity contribution in [3.05, 3.63) is 17.1 Å². The lowest BCUT2D eigenvalue weighted by molar-refractivity contribution is -0.352. The van der Waals surface area contributed by atoms with Crippen LogP contribution in [0, 0.1) is 4.91 Å². The first-order valence-corrected chi connectivity index (χ1v) is 3.23. The van der Waals surface area contributed by atoms with Crippen LogP contribution in [0.4, 0.5) is 0 Å². The van der Waals surface area contributed by atoms with E-state index in [4.69, 9.17) is 4.74 Å². The first-order chi connectivity index (χ1) is 4.91. The van der Waals surface area contributed by atoms with Crippen molar-refractivity contribution in [2.45, 2.75) is 0 Å². The summed E-state index contributed by atoms with van der Waals surface area (Å²) in [5.74, 6) is 0. The second-order valence-corrected chi connectivity index (χ2v) is 1.69. The highest BCUT2D eigenvalue weighted by Crippen LogP contribution is 1.77. The Bertz CT molecular complexity index is 104. The molecule has 0 aliphatic rings. The van der Waals surface area contributed by atoms with Crippen LogP contribution in [-0.4, -0.2) is 26.3 Å². The highest BCUT2D eigenvalue weighted by atomic mass is 16.5. The molecule has 0 rings (SSSR count). The van der Waals surface area contributed by atoms with E-state index >= 15 is 0 Å². The lowest BCUT2D eigenvalue weighted by atomic mass is 10.5. The van der Waals surface area contributed by atoms with Crippen LogP contribution in [0.5, 0.6) is 0 Å². The van der Waals surface area contributed by atoms with Gasteiger partial charge in [-0.3, -0.25) is 0 Å². The van der Waals surface area contributed by atoms with E-state index in [1.54, 1.807) is 0 Å². The Morgan fingerprint density at radius 3 is 2.90 bits per heavy atom. The van der Waals surface area contributed by atoms with Gasteiger partial charge in [-0.1, -0.05) is 11.3 Å². The fourth-order valence-corrected chi connectivity index (χ4v) is 0.439. The molecule has 0 fully saturated rings. The summed E-state index contributed by atoms with van der Waals surface area (Å²) >= 11 is 0. The molecular weight excluding hydrogens is 132 g/mol. The van der Waals surface area contributed by atoms with Crippen LogP contribution in [0.25, 0.3) is 0 Å².